The maximum Gasteiger partial charge on any atom is 0.159 e. The Morgan fingerprint density at radius 3 is 2.48 bits per heavy atom. The Morgan fingerprint density at radius 1 is 1.10 bits per heavy atom. The Kier molecular flexibility index (Phi) is 4.13. The lowest BCUT2D eigenvalue weighted by molar-refractivity contribution is 0.312. The maximum atomic E-state index is 5.68. The van der Waals surface area contributed by atoms with Crippen molar-refractivity contribution in [3.8, 4) is 11.4 Å². The molecule has 5 nitrogen and oxygen atoms in total. The van der Waals surface area contributed by atoms with Gasteiger partial charge in [-0.3, -0.25) is 0 Å². The highest BCUT2D eigenvalue weighted by atomic mass is 15.3. The predicted molar refractivity (Wildman–Crippen MR) is 85.1 cm³/mol. The van der Waals surface area contributed by atoms with Gasteiger partial charge in [0.1, 0.15) is 0 Å². The molecule has 3 rings (SSSR count). The van der Waals surface area contributed by atoms with E-state index in [1.807, 2.05) is 36.7 Å². The van der Waals surface area contributed by atoms with Crippen molar-refractivity contribution in [1.29, 1.82) is 0 Å². The van der Waals surface area contributed by atoms with Gasteiger partial charge >= 0.3 is 0 Å². The highest BCUT2D eigenvalue weighted by Gasteiger charge is 2.15. The van der Waals surface area contributed by atoms with Crippen LogP contribution < -0.4 is 10.6 Å². The summed E-state index contributed by atoms with van der Waals surface area (Å²) in [6.45, 7) is 4.76. The lowest BCUT2D eigenvalue weighted by Crippen LogP contribution is -2.44. The highest BCUT2D eigenvalue weighted by Crippen LogP contribution is 2.19. The molecule has 0 spiro atoms. The van der Waals surface area contributed by atoms with Crippen LogP contribution in [0.3, 0.4) is 0 Å². The minimum Gasteiger partial charge on any atom is -0.366 e. The minimum absolute atomic E-state index is 0.535. The summed E-state index contributed by atoms with van der Waals surface area (Å²) in [5.74, 6) is 0.753. The van der Waals surface area contributed by atoms with Crippen LogP contribution in [0.1, 0.15) is 5.56 Å². The van der Waals surface area contributed by atoms with E-state index in [0.29, 0.717) is 6.54 Å². The standard InChI is InChI=1S/C16H21N5/c1-20-5-7-21(8-6-20)15-11-18-16(19-12-15)14-4-2-3-13(9-14)10-17/h2-4,9,11-12H,5-8,10,17H2,1H3. The first-order chi connectivity index (χ1) is 10.3. The van der Waals surface area contributed by atoms with E-state index in [0.717, 1.165) is 48.8 Å². The third-order valence-electron chi connectivity index (χ3n) is 3.93. The second-order valence-electron chi connectivity index (χ2n) is 5.46. The molecule has 5 heteroatoms. The van der Waals surface area contributed by atoms with Gasteiger partial charge in [-0.1, -0.05) is 18.2 Å². The van der Waals surface area contributed by atoms with Crippen LogP contribution in [0.25, 0.3) is 11.4 Å². The van der Waals surface area contributed by atoms with Gasteiger partial charge in [0, 0.05) is 38.3 Å². The van der Waals surface area contributed by atoms with E-state index >= 15 is 0 Å². The quantitative estimate of drug-likeness (QED) is 0.921. The fourth-order valence-electron chi connectivity index (χ4n) is 2.54. The molecule has 2 N–H and O–H groups in total. The minimum atomic E-state index is 0.535. The number of anilines is 1. The van der Waals surface area contributed by atoms with E-state index in [4.69, 9.17) is 5.73 Å². The number of nitrogens with zero attached hydrogens (tertiary/aromatic N) is 4. The van der Waals surface area contributed by atoms with Crippen molar-refractivity contribution in [1.82, 2.24) is 14.9 Å². The molecule has 1 fully saturated rings. The first-order valence-corrected chi connectivity index (χ1v) is 7.31. The number of rotatable bonds is 3. The van der Waals surface area contributed by atoms with Gasteiger partial charge in [-0.2, -0.15) is 0 Å². The van der Waals surface area contributed by atoms with E-state index in [2.05, 4.69) is 26.8 Å². The monoisotopic (exact) mass is 283 g/mol. The molecule has 1 aliphatic heterocycles. The van der Waals surface area contributed by atoms with Gasteiger partial charge in [-0.25, -0.2) is 9.97 Å². The zero-order valence-electron chi connectivity index (χ0n) is 12.4. The van der Waals surface area contributed by atoms with Crippen LogP contribution in [-0.4, -0.2) is 48.1 Å². The molecule has 21 heavy (non-hydrogen) atoms. The van der Waals surface area contributed by atoms with E-state index in [1.165, 1.54) is 0 Å². The SMILES string of the molecule is CN1CCN(c2cnc(-c3cccc(CN)c3)nc2)CC1. The molecule has 1 aromatic carbocycles. The average molecular weight is 283 g/mol. The molecular formula is C16H21N5. The van der Waals surface area contributed by atoms with E-state index in [-0.39, 0.29) is 0 Å². The summed E-state index contributed by atoms with van der Waals surface area (Å²) in [5, 5.41) is 0. The Morgan fingerprint density at radius 2 is 1.81 bits per heavy atom. The van der Waals surface area contributed by atoms with Crippen LogP contribution in [0, 0.1) is 0 Å². The van der Waals surface area contributed by atoms with Crippen LogP contribution >= 0.6 is 0 Å². The molecule has 1 aromatic heterocycles. The molecule has 1 aliphatic rings. The van der Waals surface area contributed by atoms with Crippen molar-refractivity contribution in [2.75, 3.05) is 38.1 Å². The zero-order chi connectivity index (χ0) is 14.7. The number of nitrogens with two attached hydrogens (primary N) is 1. The number of hydrogen-bond donors (Lipinski definition) is 1. The Labute approximate surface area is 125 Å². The first-order valence-electron chi connectivity index (χ1n) is 7.31. The van der Waals surface area contributed by atoms with Crippen LogP contribution in [-0.2, 0) is 6.54 Å². The average Bonchev–Trinajstić information content (AvgIpc) is 2.56. The molecule has 0 aliphatic carbocycles. The van der Waals surface area contributed by atoms with Gasteiger partial charge in [0.2, 0.25) is 0 Å². The molecule has 0 radical (unpaired) electrons. The van der Waals surface area contributed by atoms with Gasteiger partial charge in [0.15, 0.2) is 5.82 Å². The molecule has 0 atom stereocenters. The topological polar surface area (TPSA) is 58.3 Å². The number of aromatic nitrogens is 2. The molecule has 0 saturated carbocycles. The third-order valence-corrected chi connectivity index (χ3v) is 3.93. The second kappa shape index (κ2) is 6.20. The molecule has 110 valence electrons. The number of benzene rings is 1. The van der Waals surface area contributed by atoms with Gasteiger partial charge in [0.05, 0.1) is 18.1 Å². The smallest absolute Gasteiger partial charge is 0.159 e. The molecule has 2 aromatic rings. The fraction of sp³-hybridized carbons (Fsp3) is 0.375. The van der Waals surface area contributed by atoms with Crippen molar-refractivity contribution in [2.24, 2.45) is 5.73 Å². The van der Waals surface area contributed by atoms with Crippen LogP contribution in [0.2, 0.25) is 0 Å². The van der Waals surface area contributed by atoms with Crippen molar-refractivity contribution >= 4 is 5.69 Å². The van der Waals surface area contributed by atoms with Crippen molar-refractivity contribution in [3.63, 3.8) is 0 Å². The zero-order valence-corrected chi connectivity index (χ0v) is 12.4. The maximum absolute atomic E-state index is 5.68. The second-order valence-corrected chi connectivity index (χ2v) is 5.46. The van der Waals surface area contributed by atoms with Crippen LogP contribution in [0.5, 0.6) is 0 Å². The molecule has 0 unspecified atom stereocenters. The van der Waals surface area contributed by atoms with Crippen molar-refractivity contribution < 1.29 is 0 Å². The molecule has 0 amide bonds. The molecular weight excluding hydrogens is 262 g/mol. The fourth-order valence-corrected chi connectivity index (χ4v) is 2.54. The normalized spacial score (nSPS) is 16.2. The summed E-state index contributed by atoms with van der Waals surface area (Å²) in [6, 6.07) is 8.08. The van der Waals surface area contributed by atoms with Gasteiger partial charge in [-0.05, 0) is 18.7 Å². The predicted octanol–water partition coefficient (Wildman–Crippen LogP) is 1.35. The summed E-state index contributed by atoms with van der Waals surface area (Å²) in [6.07, 6.45) is 3.84. The van der Waals surface area contributed by atoms with Crippen LogP contribution in [0.15, 0.2) is 36.7 Å². The summed E-state index contributed by atoms with van der Waals surface area (Å²) >= 11 is 0. The Balaban J connectivity index is 1.77. The van der Waals surface area contributed by atoms with E-state index in [1.54, 1.807) is 0 Å². The molecule has 0 bridgehead atoms. The first kappa shape index (κ1) is 14.0. The number of piperazine rings is 1. The van der Waals surface area contributed by atoms with Crippen molar-refractivity contribution in [3.05, 3.63) is 42.2 Å². The van der Waals surface area contributed by atoms with Crippen molar-refractivity contribution in [2.45, 2.75) is 6.54 Å². The third kappa shape index (κ3) is 3.20. The van der Waals surface area contributed by atoms with Gasteiger partial charge in [-0.15, -0.1) is 0 Å². The summed E-state index contributed by atoms with van der Waals surface area (Å²) in [7, 11) is 2.15. The van der Waals surface area contributed by atoms with E-state index in [9.17, 15) is 0 Å². The highest BCUT2D eigenvalue weighted by molar-refractivity contribution is 5.57. The lowest BCUT2D eigenvalue weighted by Gasteiger charge is -2.33. The summed E-state index contributed by atoms with van der Waals surface area (Å²) in [5.41, 5.74) is 8.89. The summed E-state index contributed by atoms with van der Waals surface area (Å²) < 4.78 is 0. The van der Waals surface area contributed by atoms with Crippen LogP contribution in [0.4, 0.5) is 5.69 Å². The molecule has 1 saturated heterocycles. The van der Waals surface area contributed by atoms with E-state index < -0.39 is 0 Å². The Hall–Kier alpha value is -1.98. The van der Waals surface area contributed by atoms with Gasteiger partial charge < -0.3 is 15.5 Å². The summed E-state index contributed by atoms with van der Waals surface area (Å²) in [4.78, 5) is 13.7. The molecule has 2 heterocycles. The lowest BCUT2D eigenvalue weighted by atomic mass is 10.1. The Bertz CT molecular complexity index is 588. The number of likely N-dealkylation sites (N-methyl/N-ethyl adjacent to an activating group) is 1. The number of hydrogen-bond acceptors (Lipinski definition) is 5. The van der Waals surface area contributed by atoms with Gasteiger partial charge in [0.25, 0.3) is 0 Å². The largest absolute Gasteiger partial charge is 0.366 e.